The van der Waals surface area contributed by atoms with Crippen molar-refractivity contribution in [3.63, 3.8) is 0 Å². The first-order valence-electron chi connectivity index (χ1n) is 5.83. The first-order valence-corrected chi connectivity index (χ1v) is 6.21. The number of carbonyl (C=O) groups excluding carboxylic acids is 1. The number of nitrogens with two attached hydrogens (primary N) is 1. The maximum atomic E-state index is 13.6. The summed E-state index contributed by atoms with van der Waals surface area (Å²) < 4.78 is 26.5. The van der Waals surface area contributed by atoms with Crippen molar-refractivity contribution in [3.05, 3.63) is 28.8 Å². The molecular weight excluding hydrogens is 292 g/mol. The van der Waals surface area contributed by atoms with E-state index in [1.807, 2.05) is 0 Å². The molecule has 0 fully saturated rings. The Bertz CT molecular complexity index is 514. The standard InChI is InChI=1S/C12H14ClF2N3O2/c1-2-3-7(11(16)18-20)12(19)17-10-8(13)4-6(14)5-9(10)15/h4-5,7,20H,2-3H2,1H3,(H2,16,18)(H,17,19). The van der Waals surface area contributed by atoms with Gasteiger partial charge in [0.15, 0.2) is 11.7 Å². The Hall–Kier alpha value is -1.89. The van der Waals surface area contributed by atoms with E-state index in [1.54, 1.807) is 6.92 Å². The largest absolute Gasteiger partial charge is 0.409 e. The fourth-order valence-corrected chi connectivity index (χ4v) is 1.89. The lowest BCUT2D eigenvalue weighted by atomic mass is 10.0. The second-order valence-electron chi connectivity index (χ2n) is 4.10. The molecule has 5 nitrogen and oxygen atoms in total. The minimum Gasteiger partial charge on any atom is -0.409 e. The second kappa shape index (κ2) is 7.04. The topological polar surface area (TPSA) is 87.7 Å². The molecule has 20 heavy (non-hydrogen) atoms. The number of hydrogen-bond acceptors (Lipinski definition) is 3. The predicted molar refractivity (Wildman–Crippen MR) is 71.8 cm³/mol. The zero-order valence-corrected chi connectivity index (χ0v) is 11.4. The smallest absolute Gasteiger partial charge is 0.235 e. The summed E-state index contributed by atoms with van der Waals surface area (Å²) in [5.74, 6) is -3.76. The predicted octanol–water partition coefficient (Wildman–Crippen LogP) is 2.72. The molecule has 0 aliphatic heterocycles. The highest BCUT2D eigenvalue weighted by Gasteiger charge is 2.24. The van der Waals surface area contributed by atoms with Crippen LogP contribution >= 0.6 is 11.6 Å². The van der Waals surface area contributed by atoms with Gasteiger partial charge in [0.25, 0.3) is 0 Å². The fraction of sp³-hybridized carbons (Fsp3) is 0.333. The summed E-state index contributed by atoms with van der Waals surface area (Å²) in [6, 6.07) is 1.47. The molecule has 1 rings (SSSR count). The first kappa shape index (κ1) is 16.2. The van der Waals surface area contributed by atoms with E-state index < -0.39 is 23.5 Å². The molecule has 1 unspecified atom stereocenters. The molecule has 110 valence electrons. The number of halogens is 3. The molecule has 0 spiro atoms. The minimum atomic E-state index is -1.00. The SMILES string of the molecule is CCCC(C(=O)Nc1c(F)cc(F)cc1Cl)C(N)=NO. The van der Waals surface area contributed by atoms with Gasteiger partial charge in [0, 0.05) is 6.07 Å². The van der Waals surface area contributed by atoms with E-state index in [0.29, 0.717) is 18.9 Å². The van der Waals surface area contributed by atoms with Crippen LogP contribution in [0.2, 0.25) is 5.02 Å². The van der Waals surface area contributed by atoms with Crippen LogP contribution in [-0.4, -0.2) is 17.0 Å². The third-order valence-corrected chi connectivity index (χ3v) is 2.92. The number of anilines is 1. The lowest BCUT2D eigenvalue weighted by Gasteiger charge is -2.15. The van der Waals surface area contributed by atoms with Crippen LogP contribution in [0.25, 0.3) is 0 Å². The van der Waals surface area contributed by atoms with Crippen molar-refractivity contribution in [1.82, 2.24) is 0 Å². The Morgan fingerprint density at radius 1 is 1.55 bits per heavy atom. The van der Waals surface area contributed by atoms with Crippen LogP contribution in [0.1, 0.15) is 19.8 Å². The Morgan fingerprint density at radius 2 is 2.20 bits per heavy atom. The zero-order valence-electron chi connectivity index (χ0n) is 10.7. The van der Waals surface area contributed by atoms with Gasteiger partial charge in [0.2, 0.25) is 5.91 Å². The summed E-state index contributed by atoms with van der Waals surface area (Å²) in [6.45, 7) is 1.80. The lowest BCUT2D eigenvalue weighted by Crippen LogP contribution is -2.35. The first-order chi connectivity index (χ1) is 9.40. The number of nitrogens with zero attached hydrogens (tertiary/aromatic N) is 1. The van der Waals surface area contributed by atoms with Crippen LogP contribution in [0, 0.1) is 17.6 Å². The molecule has 0 bridgehead atoms. The van der Waals surface area contributed by atoms with E-state index in [2.05, 4.69) is 10.5 Å². The zero-order chi connectivity index (χ0) is 15.3. The van der Waals surface area contributed by atoms with Crippen molar-refractivity contribution in [2.75, 3.05) is 5.32 Å². The van der Waals surface area contributed by atoms with Gasteiger partial charge in [-0.2, -0.15) is 0 Å². The van der Waals surface area contributed by atoms with E-state index in [-0.39, 0.29) is 16.5 Å². The Labute approximate surface area is 119 Å². The number of amidine groups is 1. The van der Waals surface area contributed by atoms with Gasteiger partial charge in [-0.1, -0.05) is 30.1 Å². The third kappa shape index (κ3) is 3.80. The van der Waals surface area contributed by atoms with Crippen molar-refractivity contribution in [1.29, 1.82) is 0 Å². The molecule has 0 aliphatic rings. The van der Waals surface area contributed by atoms with Crippen LogP contribution in [0.15, 0.2) is 17.3 Å². The van der Waals surface area contributed by atoms with Gasteiger partial charge < -0.3 is 16.3 Å². The quantitative estimate of drug-likeness (QED) is 0.338. The summed E-state index contributed by atoms with van der Waals surface area (Å²) in [6.07, 6.45) is 0.899. The molecule has 0 radical (unpaired) electrons. The molecule has 0 aromatic heterocycles. The average Bonchev–Trinajstić information content (AvgIpc) is 2.39. The van der Waals surface area contributed by atoms with Gasteiger partial charge in [0.1, 0.15) is 5.82 Å². The van der Waals surface area contributed by atoms with E-state index >= 15 is 0 Å². The monoisotopic (exact) mass is 305 g/mol. The van der Waals surface area contributed by atoms with Crippen LogP contribution in [0.3, 0.4) is 0 Å². The highest BCUT2D eigenvalue weighted by molar-refractivity contribution is 6.33. The summed E-state index contributed by atoms with van der Waals surface area (Å²) in [7, 11) is 0. The van der Waals surface area contributed by atoms with Crippen molar-refractivity contribution < 1.29 is 18.8 Å². The van der Waals surface area contributed by atoms with Crippen LogP contribution < -0.4 is 11.1 Å². The summed E-state index contributed by atoms with van der Waals surface area (Å²) in [4.78, 5) is 12.0. The second-order valence-corrected chi connectivity index (χ2v) is 4.51. The van der Waals surface area contributed by atoms with Gasteiger partial charge >= 0.3 is 0 Å². The lowest BCUT2D eigenvalue weighted by molar-refractivity contribution is -0.118. The van der Waals surface area contributed by atoms with Crippen LogP contribution in [-0.2, 0) is 4.79 Å². The Morgan fingerprint density at radius 3 is 2.70 bits per heavy atom. The van der Waals surface area contributed by atoms with Crippen LogP contribution in [0.5, 0.6) is 0 Å². The number of hydrogen-bond donors (Lipinski definition) is 3. The molecular formula is C12H14ClF2N3O2. The van der Waals surface area contributed by atoms with Gasteiger partial charge in [-0.15, -0.1) is 0 Å². The van der Waals surface area contributed by atoms with Gasteiger partial charge in [-0.05, 0) is 12.5 Å². The fourth-order valence-electron chi connectivity index (χ4n) is 1.64. The molecule has 4 N–H and O–H groups in total. The van der Waals surface area contributed by atoms with Gasteiger partial charge in [-0.3, -0.25) is 4.79 Å². The number of benzene rings is 1. The highest BCUT2D eigenvalue weighted by atomic mass is 35.5. The molecule has 0 saturated carbocycles. The molecule has 1 atom stereocenters. The van der Waals surface area contributed by atoms with Crippen LogP contribution in [0.4, 0.5) is 14.5 Å². The van der Waals surface area contributed by atoms with Crippen molar-refractivity contribution in [2.24, 2.45) is 16.8 Å². The van der Waals surface area contributed by atoms with Crippen molar-refractivity contribution >= 4 is 29.0 Å². The van der Waals surface area contributed by atoms with E-state index in [0.717, 1.165) is 6.07 Å². The van der Waals surface area contributed by atoms with Crippen molar-refractivity contribution in [3.8, 4) is 0 Å². The Balaban J connectivity index is 3.00. The number of oxime groups is 1. The van der Waals surface area contributed by atoms with Gasteiger partial charge in [0.05, 0.1) is 16.6 Å². The van der Waals surface area contributed by atoms with Gasteiger partial charge in [-0.25, -0.2) is 8.78 Å². The minimum absolute atomic E-state index is 0.273. The molecule has 1 aromatic carbocycles. The molecule has 8 heteroatoms. The maximum absolute atomic E-state index is 13.6. The highest BCUT2D eigenvalue weighted by Crippen LogP contribution is 2.27. The summed E-state index contributed by atoms with van der Waals surface area (Å²) in [5, 5.41) is 13.4. The number of carbonyl (C=O) groups is 1. The molecule has 0 aliphatic carbocycles. The van der Waals surface area contributed by atoms with Crippen molar-refractivity contribution in [2.45, 2.75) is 19.8 Å². The maximum Gasteiger partial charge on any atom is 0.235 e. The Kier molecular flexibility index (Phi) is 5.69. The number of rotatable bonds is 5. The van der Waals surface area contributed by atoms with E-state index in [1.165, 1.54) is 0 Å². The number of nitrogens with one attached hydrogen (secondary N) is 1. The van der Waals surface area contributed by atoms with E-state index in [9.17, 15) is 13.6 Å². The molecule has 1 aromatic rings. The van der Waals surface area contributed by atoms with E-state index in [4.69, 9.17) is 22.5 Å². The number of amides is 1. The third-order valence-electron chi connectivity index (χ3n) is 2.62. The molecule has 0 heterocycles. The normalized spacial score (nSPS) is 13.1. The summed E-state index contributed by atoms with van der Waals surface area (Å²) in [5.41, 5.74) is 5.07. The molecule has 0 saturated heterocycles. The molecule has 1 amide bonds. The summed E-state index contributed by atoms with van der Waals surface area (Å²) >= 11 is 5.67. The average molecular weight is 306 g/mol.